The fourth-order valence-corrected chi connectivity index (χ4v) is 5.16. The van der Waals surface area contributed by atoms with E-state index in [0.29, 0.717) is 24.0 Å². The topological polar surface area (TPSA) is 26.3 Å². The molecule has 1 aliphatic carbocycles. The molecule has 1 aliphatic rings. The second kappa shape index (κ2) is 12.3. The summed E-state index contributed by atoms with van der Waals surface area (Å²) in [6.07, 6.45) is 1.26. The minimum atomic E-state index is -5.01. The van der Waals surface area contributed by atoms with Gasteiger partial charge in [-0.1, -0.05) is 37.8 Å². The normalized spacial score (nSPS) is 17.1. The number of hydrogen-bond donors (Lipinski definition) is 0. The molecule has 0 aromatic heterocycles. The summed E-state index contributed by atoms with van der Waals surface area (Å²) in [7, 11) is 0. The summed E-state index contributed by atoms with van der Waals surface area (Å²) in [5, 5.41) is 0. The van der Waals surface area contributed by atoms with Crippen LogP contribution < -0.4 is 4.74 Å². The maximum atomic E-state index is 15.0. The van der Waals surface area contributed by atoms with E-state index >= 15 is 4.39 Å². The number of ether oxygens (including phenoxy) is 1. The fraction of sp³-hybridized carbons (Fsp3) is 0.323. The van der Waals surface area contributed by atoms with Gasteiger partial charge in [0.2, 0.25) is 0 Å². The number of rotatable bonds is 6. The summed E-state index contributed by atoms with van der Waals surface area (Å²) >= 11 is 0. The Hall–Kier alpha value is -3.87. The third-order valence-corrected chi connectivity index (χ3v) is 7.12. The number of alkyl halides is 3. The number of benzene rings is 3. The maximum Gasteiger partial charge on any atom is 0.458 e. The maximum absolute atomic E-state index is 15.0. The van der Waals surface area contributed by atoms with Gasteiger partial charge in [-0.2, -0.15) is 13.2 Å². The van der Waals surface area contributed by atoms with Crippen molar-refractivity contribution in [2.75, 3.05) is 0 Å². The second-order valence-electron chi connectivity index (χ2n) is 9.96. The first-order valence-corrected chi connectivity index (χ1v) is 13.0. The van der Waals surface area contributed by atoms with E-state index in [2.05, 4.69) is 11.7 Å². The molecule has 0 radical (unpaired) electrons. The summed E-state index contributed by atoms with van der Waals surface area (Å²) in [6, 6.07) is 6.63. The van der Waals surface area contributed by atoms with E-state index in [1.807, 2.05) is 0 Å². The highest BCUT2D eigenvalue weighted by Crippen LogP contribution is 2.39. The van der Waals surface area contributed by atoms with Gasteiger partial charge in [0.25, 0.3) is 0 Å². The van der Waals surface area contributed by atoms with Crippen molar-refractivity contribution in [3.8, 4) is 28.7 Å². The number of esters is 1. The standard InChI is InChI=1S/C31H24F8O2/c1-2-3-17-4-6-18(7-5-17)19-8-9-22(24(32)12-19)20-13-27(35)29(28(36)14-20)30(40)41-21-15-25(33)23(26(34)16-21)10-11-31(37,38)39/h8-9,12-18H,2-7H2,1H3. The highest BCUT2D eigenvalue weighted by Gasteiger charge is 2.26. The van der Waals surface area contributed by atoms with Gasteiger partial charge < -0.3 is 4.74 Å². The van der Waals surface area contributed by atoms with Crippen molar-refractivity contribution in [1.82, 2.24) is 0 Å². The van der Waals surface area contributed by atoms with Gasteiger partial charge in [0.05, 0.1) is 5.56 Å². The van der Waals surface area contributed by atoms with Crippen LogP contribution in [0.25, 0.3) is 11.1 Å². The summed E-state index contributed by atoms with van der Waals surface area (Å²) in [5.41, 5.74) is -1.92. The SMILES string of the molecule is CCCC1CCC(c2ccc(-c3cc(F)c(C(=O)Oc4cc(F)c(C#CC(F)(F)F)c(F)c4)c(F)c3)c(F)c2)CC1. The highest BCUT2D eigenvalue weighted by atomic mass is 19.4. The molecule has 0 spiro atoms. The van der Waals surface area contributed by atoms with Crippen molar-refractivity contribution in [3.05, 3.63) is 88.2 Å². The minimum Gasteiger partial charge on any atom is -0.423 e. The van der Waals surface area contributed by atoms with Crippen molar-refractivity contribution in [2.45, 2.75) is 57.5 Å². The highest BCUT2D eigenvalue weighted by molar-refractivity contribution is 5.92. The van der Waals surface area contributed by atoms with Crippen molar-refractivity contribution >= 4 is 5.97 Å². The van der Waals surface area contributed by atoms with Crippen LogP contribution in [-0.2, 0) is 0 Å². The molecule has 1 fully saturated rings. The van der Waals surface area contributed by atoms with Crippen LogP contribution in [0.2, 0.25) is 0 Å². The first kappa shape index (κ1) is 30.1. The molecule has 10 heteroatoms. The molecular formula is C31H24F8O2. The molecule has 1 saturated carbocycles. The van der Waals surface area contributed by atoms with Crippen LogP contribution in [0.15, 0.2) is 42.5 Å². The van der Waals surface area contributed by atoms with E-state index in [9.17, 15) is 35.5 Å². The van der Waals surface area contributed by atoms with E-state index in [4.69, 9.17) is 0 Å². The van der Waals surface area contributed by atoms with E-state index < -0.39 is 58.1 Å². The zero-order chi connectivity index (χ0) is 29.9. The van der Waals surface area contributed by atoms with Gasteiger partial charge in [-0.25, -0.2) is 26.7 Å². The molecule has 0 amide bonds. The third kappa shape index (κ3) is 7.26. The monoisotopic (exact) mass is 580 g/mol. The summed E-state index contributed by atoms with van der Waals surface area (Å²) in [4.78, 5) is 12.4. The summed E-state index contributed by atoms with van der Waals surface area (Å²) in [5.74, 6) is -6.38. The van der Waals surface area contributed by atoms with Gasteiger partial charge in [-0.3, -0.25) is 0 Å². The lowest BCUT2D eigenvalue weighted by molar-refractivity contribution is -0.0696. The van der Waals surface area contributed by atoms with Crippen LogP contribution in [0.3, 0.4) is 0 Å². The number of carbonyl (C=O) groups is 1. The molecule has 0 atom stereocenters. The Balaban J connectivity index is 1.52. The zero-order valence-corrected chi connectivity index (χ0v) is 21.8. The van der Waals surface area contributed by atoms with Gasteiger partial charge in [0.15, 0.2) is 0 Å². The van der Waals surface area contributed by atoms with Crippen LogP contribution in [-0.4, -0.2) is 12.1 Å². The van der Waals surface area contributed by atoms with Crippen LogP contribution in [0.5, 0.6) is 5.75 Å². The molecule has 0 unspecified atom stereocenters. The number of hydrogen-bond acceptors (Lipinski definition) is 2. The molecule has 3 aromatic carbocycles. The van der Waals surface area contributed by atoms with Crippen LogP contribution in [0.4, 0.5) is 35.1 Å². The largest absolute Gasteiger partial charge is 0.458 e. The summed E-state index contributed by atoms with van der Waals surface area (Å²) in [6.45, 7) is 2.14. The molecule has 0 heterocycles. The quantitative estimate of drug-likeness (QED) is 0.126. The molecule has 4 rings (SSSR count). The van der Waals surface area contributed by atoms with Crippen molar-refractivity contribution in [2.24, 2.45) is 5.92 Å². The first-order valence-electron chi connectivity index (χ1n) is 13.0. The Morgan fingerprint density at radius 3 is 2.00 bits per heavy atom. The van der Waals surface area contributed by atoms with E-state index in [-0.39, 0.29) is 17.0 Å². The molecule has 0 N–H and O–H groups in total. The Morgan fingerprint density at radius 1 is 0.854 bits per heavy atom. The van der Waals surface area contributed by atoms with Crippen molar-refractivity contribution in [1.29, 1.82) is 0 Å². The molecule has 41 heavy (non-hydrogen) atoms. The Kier molecular flexibility index (Phi) is 9.05. The lowest BCUT2D eigenvalue weighted by Gasteiger charge is -2.28. The molecule has 2 nitrogen and oxygen atoms in total. The lowest BCUT2D eigenvalue weighted by Crippen LogP contribution is -2.14. The van der Waals surface area contributed by atoms with Gasteiger partial charge in [0.1, 0.15) is 40.4 Å². The lowest BCUT2D eigenvalue weighted by atomic mass is 9.77. The van der Waals surface area contributed by atoms with Crippen LogP contribution in [0, 0.1) is 46.8 Å². The van der Waals surface area contributed by atoms with Crippen molar-refractivity contribution in [3.63, 3.8) is 0 Å². The van der Waals surface area contributed by atoms with Crippen LogP contribution in [0.1, 0.15) is 72.9 Å². The molecule has 216 valence electrons. The van der Waals surface area contributed by atoms with Gasteiger partial charge in [-0.15, -0.1) is 0 Å². The molecule has 0 saturated heterocycles. The molecule has 3 aromatic rings. The molecular weight excluding hydrogens is 556 g/mol. The van der Waals surface area contributed by atoms with Gasteiger partial charge >= 0.3 is 12.1 Å². The number of halogens is 8. The van der Waals surface area contributed by atoms with E-state index in [0.717, 1.165) is 49.8 Å². The Labute approximate surface area is 231 Å². The van der Waals surface area contributed by atoms with E-state index in [1.165, 1.54) is 24.5 Å². The Bertz CT molecular complexity index is 1460. The van der Waals surface area contributed by atoms with Gasteiger partial charge in [-0.05, 0) is 66.8 Å². The Morgan fingerprint density at radius 2 is 1.46 bits per heavy atom. The van der Waals surface area contributed by atoms with E-state index in [1.54, 1.807) is 6.07 Å². The number of carbonyl (C=O) groups excluding carboxylic acids is 1. The third-order valence-electron chi connectivity index (χ3n) is 7.12. The predicted octanol–water partition coefficient (Wildman–Crippen LogP) is 9.26. The smallest absolute Gasteiger partial charge is 0.423 e. The zero-order valence-electron chi connectivity index (χ0n) is 21.8. The minimum absolute atomic E-state index is 0.0918. The second-order valence-corrected chi connectivity index (χ2v) is 9.96. The molecule has 0 bridgehead atoms. The average Bonchev–Trinajstić information content (AvgIpc) is 2.87. The van der Waals surface area contributed by atoms with Gasteiger partial charge in [0, 0.05) is 23.6 Å². The fourth-order valence-electron chi connectivity index (χ4n) is 5.16. The van der Waals surface area contributed by atoms with Crippen molar-refractivity contribution < 1.29 is 44.7 Å². The molecule has 0 aliphatic heterocycles. The van der Waals surface area contributed by atoms with Crippen LogP contribution >= 0.6 is 0 Å². The summed E-state index contributed by atoms with van der Waals surface area (Å²) < 4.78 is 114. The predicted molar refractivity (Wildman–Crippen MR) is 136 cm³/mol. The first-order chi connectivity index (χ1) is 19.4. The average molecular weight is 581 g/mol.